The summed E-state index contributed by atoms with van der Waals surface area (Å²) in [5.74, 6) is -1.04. The van der Waals surface area contributed by atoms with Gasteiger partial charge in [0.2, 0.25) is 0 Å². The maximum absolute atomic E-state index is 12.7. The summed E-state index contributed by atoms with van der Waals surface area (Å²) < 4.78 is 16.7. The zero-order valence-corrected chi connectivity index (χ0v) is 48.1. The standard InChI is InChI=1S/C67H116O6/c1-4-7-10-13-16-18-20-22-24-25-26-27-28-29-30-31-32-33-34-35-36-37-38-39-40-41-43-44-46-48-51-54-57-60-66(69)72-63-64(62-71-65(68)59-56-53-50-15-12-9-6-3)73-67(70)61-58-55-52-49-47-45-42-23-21-19-17-14-11-8-5-2/h8,11,17,19-20,22-23,25-26,42,47,49,55,58,64H,4-7,9-10,12-16,18,21,24,27-41,43-46,48,50-54,56-57,59-63H2,1-3H3/b11-8-,19-17-,22-20-,26-25-,42-23-,49-47-,58-55-. The van der Waals surface area contributed by atoms with Crippen molar-refractivity contribution < 1.29 is 28.6 Å². The predicted octanol–water partition coefficient (Wildman–Crippen LogP) is 21.1. The molecule has 0 amide bonds. The molecule has 0 aliphatic rings. The zero-order chi connectivity index (χ0) is 52.9. The number of unbranched alkanes of at least 4 members (excludes halogenated alkanes) is 32. The molecule has 0 N–H and O–H groups in total. The number of hydrogen-bond donors (Lipinski definition) is 0. The molecule has 73 heavy (non-hydrogen) atoms. The molecule has 0 aromatic heterocycles. The summed E-state index contributed by atoms with van der Waals surface area (Å²) in [6.45, 7) is 6.40. The highest BCUT2D eigenvalue weighted by Gasteiger charge is 2.19. The van der Waals surface area contributed by atoms with Crippen molar-refractivity contribution >= 4 is 17.9 Å². The van der Waals surface area contributed by atoms with Crippen LogP contribution in [0.1, 0.15) is 303 Å². The minimum Gasteiger partial charge on any atom is -0.462 e. The number of allylic oxidation sites excluding steroid dienone is 13. The van der Waals surface area contributed by atoms with Crippen molar-refractivity contribution in [2.45, 2.75) is 309 Å². The maximum atomic E-state index is 12.7. The van der Waals surface area contributed by atoms with Crippen LogP contribution >= 0.6 is 0 Å². The van der Waals surface area contributed by atoms with Crippen molar-refractivity contribution in [2.75, 3.05) is 13.2 Å². The number of rotatable bonds is 56. The van der Waals surface area contributed by atoms with Gasteiger partial charge in [-0.1, -0.05) is 292 Å². The highest BCUT2D eigenvalue weighted by Crippen LogP contribution is 2.17. The summed E-state index contributed by atoms with van der Waals surface area (Å²) in [6, 6.07) is 0. The first kappa shape index (κ1) is 69.6. The van der Waals surface area contributed by atoms with Gasteiger partial charge in [0, 0.05) is 12.8 Å². The Bertz CT molecular complexity index is 1400. The second kappa shape index (κ2) is 61.1. The van der Waals surface area contributed by atoms with Crippen LogP contribution in [0.5, 0.6) is 0 Å². The van der Waals surface area contributed by atoms with Gasteiger partial charge >= 0.3 is 17.9 Å². The fraction of sp³-hybridized carbons (Fsp3) is 0.746. The Morgan fingerprint density at radius 3 is 0.904 bits per heavy atom. The Morgan fingerprint density at radius 1 is 0.301 bits per heavy atom. The summed E-state index contributed by atoms with van der Waals surface area (Å²) in [6.07, 6.45) is 80.9. The van der Waals surface area contributed by atoms with Crippen molar-refractivity contribution in [1.29, 1.82) is 0 Å². The van der Waals surface area contributed by atoms with Gasteiger partial charge in [0.15, 0.2) is 6.10 Å². The summed E-state index contributed by atoms with van der Waals surface area (Å²) in [4.78, 5) is 37.9. The largest absolute Gasteiger partial charge is 0.462 e. The zero-order valence-electron chi connectivity index (χ0n) is 48.1. The van der Waals surface area contributed by atoms with Gasteiger partial charge in [-0.3, -0.25) is 14.4 Å². The SMILES string of the molecule is CC/C=C\C/C=C\C/C=C\C/C=C\C/C=C\CC(=O)OC(COC(=O)CCCCCCCCC)COC(=O)CCCCCCCCCCCCCCCCCCCCCCC/C=C\C/C=C\CCCCCCC. The van der Waals surface area contributed by atoms with E-state index < -0.39 is 12.1 Å². The second-order valence-electron chi connectivity index (χ2n) is 20.6. The third-order valence-electron chi connectivity index (χ3n) is 13.4. The van der Waals surface area contributed by atoms with E-state index in [0.717, 1.165) is 77.0 Å². The molecule has 0 saturated carbocycles. The Hall–Kier alpha value is -3.41. The molecule has 0 fully saturated rings. The van der Waals surface area contributed by atoms with Gasteiger partial charge < -0.3 is 14.2 Å². The normalized spacial score (nSPS) is 12.6. The van der Waals surface area contributed by atoms with Crippen LogP contribution in [0.2, 0.25) is 0 Å². The molecular formula is C67H116O6. The van der Waals surface area contributed by atoms with Crippen LogP contribution in [-0.2, 0) is 28.6 Å². The molecule has 6 heteroatoms. The van der Waals surface area contributed by atoms with Gasteiger partial charge in [0.1, 0.15) is 13.2 Å². The molecule has 0 radical (unpaired) electrons. The van der Waals surface area contributed by atoms with E-state index in [0.29, 0.717) is 12.8 Å². The van der Waals surface area contributed by atoms with Gasteiger partial charge in [-0.15, -0.1) is 0 Å². The second-order valence-corrected chi connectivity index (χ2v) is 20.6. The molecule has 0 aromatic carbocycles. The lowest BCUT2D eigenvalue weighted by Gasteiger charge is -2.18. The molecular weight excluding hydrogens is 901 g/mol. The number of carbonyl (C=O) groups is 3. The molecule has 420 valence electrons. The summed E-state index contributed by atoms with van der Waals surface area (Å²) in [5, 5.41) is 0. The van der Waals surface area contributed by atoms with E-state index in [9.17, 15) is 14.4 Å². The lowest BCUT2D eigenvalue weighted by molar-refractivity contribution is -0.166. The van der Waals surface area contributed by atoms with Crippen LogP contribution < -0.4 is 0 Å². The Labute approximate surface area is 452 Å². The Morgan fingerprint density at radius 2 is 0.575 bits per heavy atom. The Kier molecular flexibility index (Phi) is 58.3. The van der Waals surface area contributed by atoms with E-state index in [1.54, 1.807) is 6.08 Å². The number of ether oxygens (including phenoxy) is 3. The van der Waals surface area contributed by atoms with Gasteiger partial charge in [-0.25, -0.2) is 0 Å². The molecule has 0 saturated heterocycles. The predicted molar refractivity (Wildman–Crippen MR) is 316 cm³/mol. The summed E-state index contributed by atoms with van der Waals surface area (Å²) >= 11 is 0. The van der Waals surface area contributed by atoms with Gasteiger partial charge in [-0.2, -0.15) is 0 Å². The third-order valence-corrected chi connectivity index (χ3v) is 13.4. The lowest BCUT2D eigenvalue weighted by atomic mass is 10.0. The van der Waals surface area contributed by atoms with Crippen molar-refractivity contribution in [3.63, 3.8) is 0 Å². The molecule has 1 atom stereocenters. The average molecular weight is 1020 g/mol. The van der Waals surface area contributed by atoms with E-state index in [1.165, 1.54) is 186 Å². The van der Waals surface area contributed by atoms with E-state index in [1.807, 2.05) is 6.08 Å². The first-order chi connectivity index (χ1) is 36.0. The quantitative estimate of drug-likeness (QED) is 0.0261. The molecule has 0 bridgehead atoms. The first-order valence-corrected chi connectivity index (χ1v) is 31.1. The van der Waals surface area contributed by atoms with Crippen LogP contribution in [0.15, 0.2) is 85.1 Å². The van der Waals surface area contributed by atoms with E-state index in [4.69, 9.17) is 14.2 Å². The molecule has 0 rings (SSSR count). The fourth-order valence-corrected chi connectivity index (χ4v) is 8.79. The van der Waals surface area contributed by atoms with Crippen LogP contribution in [-0.4, -0.2) is 37.2 Å². The van der Waals surface area contributed by atoms with Gasteiger partial charge in [0.05, 0.1) is 6.42 Å². The number of carbonyl (C=O) groups excluding carboxylic acids is 3. The van der Waals surface area contributed by atoms with Crippen molar-refractivity contribution in [2.24, 2.45) is 0 Å². The molecule has 0 aromatic rings. The monoisotopic (exact) mass is 1020 g/mol. The van der Waals surface area contributed by atoms with Crippen molar-refractivity contribution in [1.82, 2.24) is 0 Å². The first-order valence-electron chi connectivity index (χ1n) is 31.1. The average Bonchev–Trinajstić information content (AvgIpc) is 3.39. The maximum Gasteiger partial charge on any atom is 0.310 e. The minimum atomic E-state index is -0.826. The summed E-state index contributed by atoms with van der Waals surface area (Å²) in [5.41, 5.74) is 0. The molecule has 6 nitrogen and oxygen atoms in total. The van der Waals surface area contributed by atoms with Crippen LogP contribution in [0.3, 0.4) is 0 Å². The van der Waals surface area contributed by atoms with Crippen molar-refractivity contribution in [3.05, 3.63) is 85.1 Å². The Balaban J connectivity index is 4.03. The smallest absolute Gasteiger partial charge is 0.310 e. The molecule has 0 aliphatic heterocycles. The molecule has 0 aliphatic carbocycles. The number of esters is 3. The van der Waals surface area contributed by atoms with Crippen LogP contribution in [0, 0.1) is 0 Å². The van der Waals surface area contributed by atoms with Gasteiger partial charge in [0.25, 0.3) is 0 Å². The van der Waals surface area contributed by atoms with Crippen LogP contribution in [0.4, 0.5) is 0 Å². The topological polar surface area (TPSA) is 78.9 Å². The third kappa shape index (κ3) is 59.3. The van der Waals surface area contributed by atoms with E-state index in [2.05, 4.69) is 93.7 Å². The van der Waals surface area contributed by atoms with Crippen LogP contribution in [0.25, 0.3) is 0 Å². The fourth-order valence-electron chi connectivity index (χ4n) is 8.79. The van der Waals surface area contributed by atoms with Crippen molar-refractivity contribution in [3.8, 4) is 0 Å². The highest BCUT2D eigenvalue weighted by atomic mass is 16.6. The lowest BCUT2D eigenvalue weighted by Crippen LogP contribution is -2.30. The molecule has 0 heterocycles. The minimum absolute atomic E-state index is 0.0990. The van der Waals surface area contributed by atoms with E-state index in [-0.39, 0.29) is 31.6 Å². The van der Waals surface area contributed by atoms with E-state index >= 15 is 0 Å². The highest BCUT2D eigenvalue weighted by molar-refractivity contribution is 5.72. The summed E-state index contributed by atoms with van der Waals surface area (Å²) in [7, 11) is 0. The molecule has 1 unspecified atom stereocenters. The van der Waals surface area contributed by atoms with Gasteiger partial charge in [-0.05, 0) is 77.0 Å². The number of hydrogen-bond acceptors (Lipinski definition) is 6. The molecule has 0 spiro atoms.